The van der Waals surface area contributed by atoms with Crippen molar-refractivity contribution in [3.05, 3.63) is 0 Å². The molecular formula is C20H41O6PSi. The molecule has 0 unspecified atom stereocenters. The first-order valence-corrected chi connectivity index (χ1v) is 15.2. The van der Waals surface area contributed by atoms with Gasteiger partial charge in [0.15, 0.2) is 0 Å². The van der Waals surface area contributed by atoms with Crippen LogP contribution >= 0.6 is 7.37 Å². The Hall–Kier alpha value is -0.653. The minimum atomic E-state index is -4.35. The molecule has 0 N–H and O–H groups in total. The van der Waals surface area contributed by atoms with Gasteiger partial charge in [0.1, 0.15) is 0 Å². The molecule has 0 saturated carbocycles. The molecule has 0 aliphatic carbocycles. The van der Waals surface area contributed by atoms with E-state index in [4.69, 9.17) is 13.7 Å². The van der Waals surface area contributed by atoms with Crippen molar-refractivity contribution in [2.45, 2.75) is 104 Å². The molecule has 0 aliphatic rings. The zero-order chi connectivity index (χ0) is 21.5. The SMILES string of the molecule is CCCCC[Si](CCCC)(CCCCC)OP(=O)(C(=O)OCC)C(=O)OCC. The highest BCUT2D eigenvalue weighted by Crippen LogP contribution is 2.55. The summed E-state index contributed by atoms with van der Waals surface area (Å²) >= 11 is 0. The van der Waals surface area contributed by atoms with Gasteiger partial charge in [0.2, 0.25) is 8.32 Å². The normalized spacial score (nSPS) is 12.0. The van der Waals surface area contributed by atoms with Crippen LogP contribution in [0.2, 0.25) is 18.1 Å². The minimum absolute atomic E-state index is 0.0424. The van der Waals surface area contributed by atoms with Gasteiger partial charge >= 0.3 is 18.8 Å². The van der Waals surface area contributed by atoms with E-state index < -0.39 is 27.1 Å². The predicted molar refractivity (Wildman–Crippen MR) is 117 cm³/mol. The largest absolute Gasteiger partial charge is 0.458 e. The van der Waals surface area contributed by atoms with E-state index in [0.717, 1.165) is 69.5 Å². The van der Waals surface area contributed by atoms with E-state index in [-0.39, 0.29) is 13.2 Å². The Morgan fingerprint density at radius 3 is 1.43 bits per heavy atom. The van der Waals surface area contributed by atoms with E-state index in [9.17, 15) is 14.2 Å². The van der Waals surface area contributed by atoms with Crippen molar-refractivity contribution in [3.8, 4) is 0 Å². The van der Waals surface area contributed by atoms with Gasteiger partial charge < -0.3 is 13.7 Å². The van der Waals surface area contributed by atoms with Crippen molar-refractivity contribution in [2.24, 2.45) is 0 Å². The molecule has 0 amide bonds. The zero-order valence-corrected chi connectivity index (χ0v) is 20.5. The van der Waals surface area contributed by atoms with Gasteiger partial charge in [0.05, 0.1) is 13.2 Å². The third-order valence-corrected chi connectivity index (χ3v) is 12.4. The summed E-state index contributed by atoms with van der Waals surface area (Å²) in [6, 6.07) is 2.43. The smallest absolute Gasteiger partial charge is 0.404 e. The van der Waals surface area contributed by atoms with Crippen molar-refractivity contribution in [3.63, 3.8) is 0 Å². The lowest BCUT2D eigenvalue weighted by molar-refractivity contribution is 0.164. The van der Waals surface area contributed by atoms with E-state index in [1.165, 1.54) is 0 Å². The van der Waals surface area contributed by atoms with Crippen LogP contribution in [0.15, 0.2) is 0 Å². The highest BCUT2D eigenvalue weighted by atomic mass is 31.2. The Labute approximate surface area is 172 Å². The number of hydrogen-bond donors (Lipinski definition) is 0. The van der Waals surface area contributed by atoms with Crippen LogP contribution in [0.1, 0.15) is 86.0 Å². The number of hydrogen-bond acceptors (Lipinski definition) is 6. The van der Waals surface area contributed by atoms with Crippen LogP contribution in [-0.2, 0) is 18.3 Å². The first kappa shape index (κ1) is 27.3. The molecule has 0 aromatic carbocycles. The molecule has 0 heterocycles. The second-order valence-corrected chi connectivity index (χ2v) is 13.7. The van der Waals surface area contributed by atoms with Crippen molar-refractivity contribution >= 4 is 27.1 Å². The molecule has 0 aliphatic heterocycles. The Kier molecular flexibility index (Phi) is 14.9. The predicted octanol–water partition coefficient (Wildman–Crippen LogP) is 7.72. The maximum absolute atomic E-state index is 13.5. The van der Waals surface area contributed by atoms with Gasteiger partial charge in [-0.15, -0.1) is 0 Å². The van der Waals surface area contributed by atoms with Crippen LogP contribution in [0.3, 0.4) is 0 Å². The molecule has 0 saturated heterocycles. The van der Waals surface area contributed by atoms with Crippen LogP contribution in [0.5, 0.6) is 0 Å². The number of carbonyl (C=O) groups excluding carboxylic acids is 2. The molecule has 0 aromatic heterocycles. The van der Waals surface area contributed by atoms with Crippen molar-refractivity contribution < 1.29 is 27.8 Å². The third kappa shape index (κ3) is 9.23. The van der Waals surface area contributed by atoms with E-state index in [1.54, 1.807) is 13.8 Å². The van der Waals surface area contributed by atoms with Gasteiger partial charge in [-0.2, -0.15) is 0 Å². The number of carbonyl (C=O) groups is 2. The number of unbranched alkanes of at least 4 members (excludes halogenated alkanes) is 5. The van der Waals surface area contributed by atoms with Crippen LogP contribution < -0.4 is 0 Å². The second kappa shape index (κ2) is 15.2. The van der Waals surface area contributed by atoms with E-state index in [2.05, 4.69) is 20.8 Å². The van der Waals surface area contributed by atoms with Crippen molar-refractivity contribution in [1.82, 2.24) is 0 Å². The van der Waals surface area contributed by atoms with Crippen LogP contribution in [0.4, 0.5) is 9.59 Å². The fourth-order valence-electron chi connectivity index (χ4n) is 3.24. The van der Waals surface area contributed by atoms with E-state index in [1.807, 2.05) is 0 Å². The molecule has 0 spiro atoms. The summed E-state index contributed by atoms with van der Waals surface area (Å²) in [5.41, 5.74) is -2.12. The lowest BCUT2D eigenvalue weighted by Crippen LogP contribution is -2.39. The van der Waals surface area contributed by atoms with Gasteiger partial charge in [-0.1, -0.05) is 72.1 Å². The van der Waals surface area contributed by atoms with Gasteiger partial charge in [-0.3, -0.25) is 4.57 Å². The molecule has 8 heteroatoms. The molecule has 0 bridgehead atoms. The molecule has 0 rings (SSSR count). The monoisotopic (exact) mass is 436 g/mol. The topological polar surface area (TPSA) is 78.9 Å². The summed E-state index contributed by atoms with van der Waals surface area (Å²) in [5, 5.41) is 0. The molecule has 28 heavy (non-hydrogen) atoms. The summed E-state index contributed by atoms with van der Waals surface area (Å²) in [7, 11) is -6.93. The van der Waals surface area contributed by atoms with Gasteiger partial charge in [0.25, 0.3) is 0 Å². The van der Waals surface area contributed by atoms with Crippen LogP contribution in [0, 0.1) is 0 Å². The summed E-state index contributed by atoms with van der Waals surface area (Å²) in [6.07, 6.45) is 8.11. The van der Waals surface area contributed by atoms with Crippen molar-refractivity contribution in [1.29, 1.82) is 0 Å². The highest BCUT2D eigenvalue weighted by molar-refractivity contribution is 7.90. The van der Waals surface area contributed by atoms with E-state index >= 15 is 0 Å². The Bertz CT molecular complexity index is 465. The lowest BCUT2D eigenvalue weighted by atomic mass is 10.3. The maximum Gasteiger partial charge on any atom is 0.404 e. The third-order valence-electron chi connectivity index (χ3n) is 4.80. The highest BCUT2D eigenvalue weighted by Gasteiger charge is 2.51. The van der Waals surface area contributed by atoms with Crippen LogP contribution in [-0.4, -0.2) is 33.0 Å². The maximum atomic E-state index is 13.5. The first-order valence-electron chi connectivity index (χ1n) is 11.0. The molecule has 0 radical (unpaired) electrons. The number of rotatable bonds is 17. The molecule has 0 fully saturated rings. The molecule has 166 valence electrons. The number of ether oxygens (including phenoxy) is 2. The van der Waals surface area contributed by atoms with Gasteiger partial charge in [-0.05, 0) is 32.0 Å². The van der Waals surface area contributed by atoms with Crippen molar-refractivity contribution in [2.75, 3.05) is 13.2 Å². The molecule has 6 nitrogen and oxygen atoms in total. The average Bonchev–Trinajstić information content (AvgIpc) is 2.67. The fraction of sp³-hybridized carbons (Fsp3) is 0.900. The van der Waals surface area contributed by atoms with Crippen LogP contribution in [0.25, 0.3) is 0 Å². The standard InChI is InChI=1S/C20H41O6PSi/c1-6-11-14-17-28(16-13-8-3,18-15-12-7-2)26-27(23,19(21)24-9-4)20(22)25-10-5/h6-18H2,1-5H3. The summed E-state index contributed by atoms with van der Waals surface area (Å²) < 4.78 is 29.6. The first-order chi connectivity index (χ1) is 13.4. The van der Waals surface area contributed by atoms with Gasteiger partial charge in [-0.25, -0.2) is 9.59 Å². The fourth-order valence-corrected chi connectivity index (χ4v) is 11.4. The zero-order valence-electron chi connectivity index (χ0n) is 18.6. The average molecular weight is 437 g/mol. The Balaban J connectivity index is 5.86. The quantitative estimate of drug-likeness (QED) is 0.132. The van der Waals surface area contributed by atoms with E-state index in [0.29, 0.717) is 0 Å². The summed E-state index contributed by atoms with van der Waals surface area (Å²) in [6.45, 7) is 9.70. The molecule has 0 atom stereocenters. The Morgan fingerprint density at radius 1 is 0.679 bits per heavy atom. The summed E-state index contributed by atoms with van der Waals surface area (Å²) in [4.78, 5) is 25.0. The van der Waals surface area contributed by atoms with Gasteiger partial charge in [0, 0.05) is 0 Å². The second-order valence-electron chi connectivity index (χ2n) is 7.24. The minimum Gasteiger partial charge on any atom is -0.458 e. The summed E-state index contributed by atoms with van der Waals surface area (Å²) in [5.74, 6) is 0. The lowest BCUT2D eigenvalue weighted by Gasteiger charge is -2.34. The molecular weight excluding hydrogens is 395 g/mol. The Morgan fingerprint density at radius 2 is 1.07 bits per heavy atom. The molecule has 0 aromatic rings.